The smallest absolute Gasteiger partial charge is 0.347 e. The van der Waals surface area contributed by atoms with E-state index in [1.54, 1.807) is 0 Å². The lowest BCUT2D eigenvalue weighted by Crippen LogP contribution is -2.49. The first-order valence-corrected chi connectivity index (χ1v) is 5.71. The maximum absolute atomic E-state index is 11.7. The molecular formula is C11H13N3O6. The Kier molecular flexibility index (Phi) is 3.49. The number of aliphatic hydroxyl groups excluding tert-OH is 2. The van der Waals surface area contributed by atoms with E-state index in [4.69, 9.17) is 11.2 Å². The SMILES string of the molecule is C#C[C@@]1(O)C(O)[C@@H]([C@H](C)O)O[C@H]1n1ncc(=O)[nH]c1=O. The van der Waals surface area contributed by atoms with Crippen LogP contribution in [0.3, 0.4) is 0 Å². The van der Waals surface area contributed by atoms with Crippen LogP contribution in [0.1, 0.15) is 13.2 Å². The van der Waals surface area contributed by atoms with Gasteiger partial charge in [-0.2, -0.15) is 9.78 Å². The number of nitrogens with one attached hydrogen (secondary N) is 1. The number of H-pyrrole nitrogens is 1. The third-order valence-corrected chi connectivity index (χ3v) is 3.09. The molecule has 0 aromatic carbocycles. The molecule has 1 unspecified atom stereocenters. The molecular weight excluding hydrogens is 270 g/mol. The molecule has 0 amide bonds. The fourth-order valence-corrected chi connectivity index (χ4v) is 2.03. The van der Waals surface area contributed by atoms with Crippen molar-refractivity contribution in [1.29, 1.82) is 0 Å². The largest absolute Gasteiger partial charge is 0.391 e. The molecule has 0 spiro atoms. The van der Waals surface area contributed by atoms with Gasteiger partial charge in [-0.1, -0.05) is 5.92 Å². The summed E-state index contributed by atoms with van der Waals surface area (Å²) in [4.78, 5) is 24.5. The molecule has 108 valence electrons. The molecule has 0 aliphatic carbocycles. The van der Waals surface area contributed by atoms with Crippen molar-refractivity contribution in [1.82, 2.24) is 14.8 Å². The predicted octanol–water partition coefficient (Wildman–Crippen LogP) is -3.07. The van der Waals surface area contributed by atoms with Gasteiger partial charge in [-0.25, -0.2) is 4.79 Å². The first kappa shape index (κ1) is 14.4. The minimum Gasteiger partial charge on any atom is -0.391 e. The maximum Gasteiger partial charge on any atom is 0.347 e. The van der Waals surface area contributed by atoms with Crippen molar-refractivity contribution in [2.24, 2.45) is 0 Å². The van der Waals surface area contributed by atoms with E-state index >= 15 is 0 Å². The van der Waals surface area contributed by atoms with E-state index in [0.29, 0.717) is 4.68 Å². The minimum absolute atomic E-state index is 0.604. The summed E-state index contributed by atoms with van der Waals surface area (Å²) in [5, 5.41) is 33.3. The van der Waals surface area contributed by atoms with Gasteiger partial charge in [0.15, 0.2) is 6.23 Å². The Morgan fingerprint density at radius 1 is 1.65 bits per heavy atom. The van der Waals surface area contributed by atoms with Crippen molar-refractivity contribution in [3.63, 3.8) is 0 Å². The van der Waals surface area contributed by atoms with Crippen LogP contribution in [0.2, 0.25) is 0 Å². The number of hydrogen-bond acceptors (Lipinski definition) is 7. The molecule has 1 saturated heterocycles. The van der Waals surface area contributed by atoms with E-state index in [0.717, 1.165) is 6.20 Å². The summed E-state index contributed by atoms with van der Waals surface area (Å²) >= 11 is 0. The minimum atomic E-state index is -2.27. The molecule has 0 radical (unpaired) electrons. The number of aromatic nitrogens is 3. The van der Waals surface area contributed by atoms with Gasteiger partial charge in [0.1, 0.15) is 18.4 Å². The normalized spacial score (nSPS) is 34.6. The topological polar surface area (TPSA) is 138 Å². The average molecular weight is 283 g/mol. The number of terminal acetylenes is 1. The zero-order chi connectivity index (χ0) is 15.1. The van der Waals surface area contributed by atoms with Crippen molar-refractivity contribution in [3.05, 3.63) is 27.0 Å². The van der Waals surface area contributed by atoms with Gasteiger partial charge in [0, 0.05) is 0 Å². The molecule has 20 heavy (non-hydrogen) atoms. The fraction of sp³-hybridized carbons (Fsp3) is 0.545. The Bertz CT molecular complexity index is 659. The number of rotatable bonds is 2. The van der Waals surface area contributed by atoms with Crippen LogP contribution < -0.4 is 11.2 Å². The average Bonchev–Trinajstić information content (AvgIpc) is 2.64. The lowest BCUT2D eigenvalue weighted by atomic mass is 9.93. The molecule has 2 heterocycles. The van der Waals surface area contributed by atoms with Crippen LogP contribution in [0.5, 0.6) is 0 Å². The van der Waals surface area contributed by atoms with Crippen LogP contribution in [0.15, 0.2) is 15.8 Å². The number of aliphatic hydroxyl groups is 3. The summed E-state index contributed by atoms with van der Waals surface area (Å²) in [6.07, 6.45) is 0.473. The second kappa shape index (κ2) is 4.84. The van der Waals surface area contributed by atoms with Crippen molar-refractivity contribution < 1.29 is 20.1 Å². The Morgan fingerprint density at radius 3 is 2.80 bits per heavy atom. The van der Waals surface area contributed by atoms with Gasteiger partial charge in [0.2, 0.25) is 5.60 Å². The number of aromatic amines is 1. The van der Waals surface area contributed by atoms with Crippen LogP contribution in [0.4, 0.5) is 0 Å². The highest BCUT2D eigenvalue weighted by molar-refractivity contribution is 5.19. The number of ether oxygens (including phenoxy) is 1. The first-order chi connectivity index (χ1) is 9.31. The van der Waals surface area contributed by atoms with Gasteiger partial charge < -0.3 is 20.1 Å². The zero-order valence-corrected chi connectivity index (χ0v) is 10.4. The van der Waals surface area contributed by atoms with Crippen LogP contribution >= 0.6 is 0 Å². The summed E-state index contributed by atoms with van der Waals surface area (Å²) in [5.41, 5.74) is -3.97. The van der Waals surface area contributed by atoms with Crippen LogP contribution in [0.25, 0.3) is 0 Å². The van der Waals surface area contributed by atoms with E-state index in [1.807, 2.05) is 10.9 Å². The molecule has 1 fully saturated rings. The van der Waals surface area contributed by atoms with Crippen LogP contribution in [-0.4, -0.2) is 54.0 Å². The first-order valence-electron chi connectivity index (χ1n) is 5.71. The highest BCUT2D eigenvalue weighted by Gasteiger charge is 2.57. The van der Waals surface area contributed by atoms with Gasteiger partial charge in [0.25, 0.3) is 5.56 Å². The quantitative estimate of drug-likeness (QED) is 0.423. The fourth-order valence-electron chi connectivity index (χ4n) is 2.03. The Labute approximate surface area is 112 Å². The van der Waals surface area contributed by atoms with Gasteiger partial charge >= 0.3 is 5.69 Å². The van der Waals surface area contributed by atoms with Gasteiger partial charge in [-0.15, -0.1) is 6.42 Å². The molecule has 0 bridgehead atoms. The zero-order valence-electron chi connectivity index (χ0n) is 10.4. The van der Waals surface area contributed by atoms with E-state index in [-0.39, 0.29) is 0 Å². The summed E-state index contributed by atoms with van der Waals surface area (Å²) in [5.74, 6) is 1.94. The molecule has 1 aliphatic heterocycles. The Hall–Kier alpha value is -1.99. The van der Waals surface area contributed by atoms with E-state index in [1.165, 1.54) is 6.92 Å². The van der Waals surface area contributed by atoms with Crippen LogP contribution in [-0.2, 0) is 4.74 Å². The molecule has 1 aliphatic rings. The molecule has 4 N–H and O–H groups in total. The molecule has 1 aromatic rings. The van der Waals surface area contributed by atoms with E-state index in [9.17, 15) is 24.9 Å². The lowest BCUT2D eigenvalue weighted by molar-refractivity contribution is -0.0947. The van der Waals surface area contributed by atoms with Crippen molar-refractivity contribution >= 4 is 0 Å². The Balaban J connectivity index is 2.53. The predicted molar refractivity (Wildman–Crippen MR) is 64.5 cm³/mol. The standard InChI is InChI=1S/C11H13N3O6/c1-3-11(19)8(17)7(5(2)15)20-9(11)14-10(18)13-6(16)4-12-14/h1,4-5,7-9,15,17,19H,2H3,(H,13,16,18)/t5-,7+,8?,9+,11+/m0/s1. The highest BCUT2D eigenvalue weighted by atomic mass is 16.6. The highest BCUT2D eigenvalue weighted by Crippen LogP contribution is 2.38. The van der Waals surface area contributed by atoms with Crippen molar-refractivity contribution in [3.8, 4) is 12.3 Å². The van der Waals surface area contributed by atoms with E-state index < -0.39 is 41.4 Å². The van der Waals surface area contributed by atoms with Gasteiger partial charge in [-0.05, 0) is 6.92 Å². The monoisotopic (exact) mass is 283 g/mol. The molecule has 5 atom stereocenters. The molecule has 2 rings (SSSR count). The summed E-state index contributed by atoms with van der Waals surface area (Å²) in [6, 6.07) is 0. The second-order valence-corrected chi connectivity index (χ2v) is 4.49. The summed E-state index contributed by atoms with van der Waals surface area (Å²) < 4.78 is 5.84. The third kappa shape index (κ3) is 2.04. The lowest BCUT2D eigenvalue weighted by Gasteiger charge is -2.25. The molecule has 9 nitrogen and oxygen atoms in total. The summed E-state index contributed by atoms with van der Waals surface area (Å²) in [7, 11) is 0. The summed E-state index contributed by atoms with van der Waals surface area (Å²) in [6.45, 7) is 1.33. The van der Waals surface area contributed by atoms with Crippen molar-refractivity contribution in [2.75, 3.05) is 0 Å². The third-order valence-electron chi connectivity index (χ3n) is 3.09. The van der Waals surface area contributed by atoms with Crippen LogP contribution in [0, 0.1) is 12.3 Å². The number of hydrogen-bond donors (Lipinski definition) is 4. The Morgan fingerprint density at radius 2 is 2.30 bits per heavy atom. The van der Waals surface area contributed by atoms with Crippen molar-refractivity contribution in [2.45, 2.75) is 37.1 Å². The molecule has 1 aromatic heterocycles. The van der Waals surface area contributed by atoms with Gasteiger partial charge in [-0.3, -0.25) is 9.78 Å². The van der Waals surface area contributed by atoms with E-state index in [2.05, 4.69) is 5.10 Å². The number of nitrogens with zero attached hydrogens (tertiary/aromatic N) is 2. The second-order valence-electron chi connectivity index (χ2n) is 4.49. The molecule has 9 heteroatoms. The molecule has 0 saturated carbocycles. The maximum atomic E-state index is 11.7. The van der Waals surface area contributed by atoms with Gasteiger partial charge in [0.05, 0.1) is 6.10 Å².